The lowest BCUT2D eigenvalue weighted by molar-refractivity contribution is -0.139. The van der Waals surface area contributed by atoms with Gasteiger partial charge in [0, 0.05) is 71.1 Å². The van der Waals surface area contributed by atoms with Crippen LogP contribution in [0.3, 0.4) is 0 Å². The van der Waals surface area contributed by atoms with Crippen LogP contribution in [0.4, 0.5) is 0 Å². The number of hydrogen-bond acceptors (Lipinski definition) is 7. The molecule has 0 spiro atoms. The van der Waals surface area contributed by atoms with Crippen molar-refractivity contribution >= 4 is 23.7 Å². The van der Waals surface area contributed by atoms with Crippen molar-refractivity contribution < 1.29 is 24.3 Å². The zero-order valence-corrected chi connectivity index (χ0v) is 19.6. The van der Waals surface area contributed by atoms with E-state index in [4.69, 9.17) is 5.11 Å². The number of likely N-dealkylation sites (N-methyl/N-ethyl adjacent to an activating group) is 1. The minimum absolute atomic E-state index is 0.0555. The van der Waals surface area contributed by atoms with Crippen molar-refractivity contribution in [2.45, 2.75) is 13.0 Å². The van der Waals surface area contributed by atoms with Crippen LogP contribution in [0.5, 0.6) is 0 Å². The molecule has 2 aliphatic rings. The van der Waals surface area contributed by atoms with Crippen LogP contribution in [-0.4, -0.2) is 114 Å². The van der Waals surface area contributed by atoms with Crippen molar-refractivity contribution in [2.24, 2.45) is 0 Å². The summed E-state index contributed by atoms with van der Waals surface area (Å²) in [5.74, 6) is -1.68. The number of amides is 3. The largest absolute Gasteiger partial charge is 0.480 e. The quantitative estimate of drug-likeness (QED) is 0.460. The SMILES string of the molecule is CN1CCN(CC(=O)O)CCN(Cc2ccc(CC(=O)NCCN3C(=O)C=CC3=O)cc2)CC1. The zero-order valence-electron chi connectivity index (χ0n) is 19.6. The fraction of sp³-hybridized carbons (Fsp3) is 0.500. The predicted octanol–water partition coefficient (Wildman–Crippen LogP) is -0.596. The fourth-order valence-corrected chi connectivity index (χ4v) is 3.98. The van der Waals surface area contributed by atoms with Gasteiger partial charge in [0.15, 0.2) is 0 Å². The van der Waals surface area contributed by atoms with Crippen molar-refractivity contribution in [2.75, 3.05) is 66.0 Å². The lowest BCUT2D eigenvalue weighted by Gasteiger charge is -2.25. The molecule has 0 radical (unpaired) electrons. The van der Waals surface area contributed by atoms with E-state index in [1.165, 1.54) is 12.2 Å². The highest BCUT2D eigenvalue weighted by molar-refractivity contribution is 6.12. The topological polar surface area (TPSA) is 114 Å². The zero-order chi connectivity index (χ0) is 24.5. The van der Waals surface area contributed by atoms with E-state index < -0.39 is 5.97 Å². The Morgan fingerprint density at radius 1 is 0.882 bits per heavy atom. The van der Waals surface area contributed by atoms with E-state index in [-0.39, 0.29) is 43.8 Å². The molecule has 0 atom stereocenters. The maximum atomic E-state index is 12.2. The first-order valence-electron chi connectivity index (χ1n) is 11.5. The predicted molar refractivity (Wildman–Crippen MR) is 126 cm³/mol. The van der Waals surface area contributed by atoms with Gasteiger partial charge in [0.25, 0.3) is 11.8 Å². The molecular weight excluding hydrogens is 438 g/mol. The van der Waals surface area contributed by atoms with Gasteiger partial charge in [-0.05, 0) is 18.2 Å². The molecular formula is C24H33N5O5. The normalized spacial score (nSPS) is 18.6. The molecule has 0 aromatic heterocycles. The second-order valence-corrected chi connectivity index (χ2v) is 8.75. The Hall–Kier alpha value is -3.08. The number of carboxylic acids is 1. The molecule has 1 aromatic carbocycles. The molecule has 0 aliphatic carbocycles. The van der Waals surface area contributed by atoms with Crippen LogP contribution >= 0.6 is 0 Å². The van der Waals surface area contributed by atoms with Crippen LogP contribution < -0.4 is 5.32 Å². The van der Waals surface area contributed by atoms with E-state index in [2.05, 4.69) is 22.2 Å². The number of carbonyl (C=O) groups excluding carboxylic acids is 3. The van der Waals surface area contributed by atoms with Gasteiger partial charge in [-0.15, -0.1) is 0 Å². The summed E-state index contributed by atoms with van der Waals surface area (Å²) in [6.07, 6.45) is 2.68. The van der Waals surface area contributed by atoms with Crippen molar-refractivity contribution in [1.29, 1.82) is 0 Å². The average molecular weight is 472 g/mol. The standard InChI is InChI=1S/C24H33N5O5/c1-26-10-12-27(14-15-28(13-11-26)18-24(33)34)17-20-4-2-19(3-5-20)16-21(30)25-8-9-29-22(31)6-7-23(29)32/h2-7H,8-18H2,1H3,(H,25,30)(H,33,34). The number of benzene rings is 1. The molecule has 10 heteroatoms. The Bertz CT molecular complexity index is 899. The molecule has 1 aromatic rings. The number of carbonyl (C=O) groups is 4. The van der Waals surface area contributed by atoms with Gasteiger partial charge in [0.2, 0.25) is 5.91 Å². The number of carboxylic acid groups (broad SMARTS) is 1. The Labute approximate surface area is 199 Å². The van der Waals surface area contributed by atoms with E-state index in [9.17, 15) is 19.2 Å². The smallest absolute Gasteiger partial charge is 0.317 e. The summed E-state index contributed by atoms with van der Waals surface area (Å²) in [6.45, 7) is 6.11. The molecule has 10 nitrogen and oxygen atoms in total. The van der Waals surface area contributed by atoms with Crippen LogP contribution in [0.15, 0.2) is 36.4 Å². The third-order valence-electron chi connectivity index (χ3n) is 6.04. The number of aliphatic carboxylic acids is 1. The summed E-state index contributed by atoms with van der Waals surface area (Å²) in [5.41, 5.74) is 2.02. The van der Waals surface area contributed by atoms with E-state index in [0.29, 0.717) is 6.54 Å². The molecule has 1 saturated heterocycles. The summed E-state index contributed by atoms with van der Waals surface area (Å²) in [6, 6.07) is 7.90. The number of nitrogens with one attached hydrogen (secondary N) is 1. The van der Waals surface area contributed by atoms with Gasteiger partial charge < -0.3 is 15.3 Å². The van der Waals surface area contributed by atoms with Gasteiger partial charge in [-0.3, -0.25) is 33.9 Å². The highest BCUT2D eigenvalue weighted by Gasteiger charge is 2.22. The molecule has 2 aliphatic heterocycles. The molecule has 3 rings (SSSR count). The second kappa shape index (κ2) is 12.4. The number of imide groups is 1. The molecule has 3 amide bonds. The van der Waals surface area contributed by atoms with Crippen molar-refractivity contribution in [3.05, 3.63) is 47.5 Å². The molecule has 0 unspecified atom stereocenters. The maximum Gasteiger partial charge on any atom is 0.317 e. The second-order valence-electron chi connectivity index (χ2n) is 8.75. The van der Waals surface area contributed by atoms with E-state index >= 15 is 0 Å². The first kappa shape index (κ1) is 25.5. The minimum Gasteiger partial charge on any atom is -0.480 e. The number of nitrogens with zero attached hydrogens (tertiary/aromatic N) is 4. The van der Waals surface area contributed by atoms with E-state index in [0.717, 1.165) is 55.3 Å². The summed E-state index contributed by atoms with van der Waals surface area (Å²) in [4.78, 5) is 54.0. The van der Waals surface area contributed by atoms with Crippen LogP contribution in [0.2, 0.25) is 0 Å². The van der Waals surface area contributed by atoms with Crippen molar-refractivity contribution in [3.63, 3.8) is 0 Å². The van der Waals surface area contributed by atoms with E-state index in [1.807, 2.05) is 29.2 Å². The van der Waals surface area contributed by atoms with Gasteiger partial charge in [-0.25, -0.2) is 0 Å². The number of hydrogen-bond donors (Lipinski definition) is 2. The van der Waals surface area contributed by atoms with Gasteiger partial charge in [-0.2, -0.15) is 0 Å². The monoisotopic (exact) mass is 471 g/mol. The maximum absolute atomic E-state index is 12.2. The van der Waals surface area contributed by atoms with Crippen LogP contribution in [0.1, 0.15) is 11.1 Å². The first-order valence-corrected chi connectivity index (χ1v) is 11.5. The molecule has 2 heterocycles. The Kier molecular flexibility index (Phi) is 9.32. The fourth-order valence-electron chi connectivity index (χ4n) is 3.98. The Morgan fingerprint density at radius 3 is 2.09 bits per heavy atom. The van der Waals surface area contributed by atoms with E-state index in [1.54, 1.807) is 0 Å². The summed E-state index contributed by atoms with van der Waals surface area (Å²) in [5, 5.41) is 11.9. The van der Waals surface area contributed by atoms with Gasteiger partial charge in [-0.1, -0.05) is 24.3 Å². The van der Waals surface area contributed by atoms with Gasteiger partial charge in [0.1, 0.15) is 0 Å². The summed E-state index contributed by atoms with van der Waals surface area (Å²) in [7, 11) is 2.06. The highest BCUT2D eigenvalue weighted by atomic mass is 16.4. The molecule has 1 fully saturated rings. The highest BCUT2D eigenvalue weighted by Crippen LogP contribution is 2.10. The average Bonchev–Trinajstić information content (AvgIpc) is 3.14. The molecule has 184 valence electrons. The van der Waals surface area contributed by atoms with Crippen molar-refractivity contribution in [1.82, 2.24) is 24.9 Å². The van der Waals surface area contributed by atoms with Gasteiger partial charge >= 0.3 is 5.97 Å². The molecule has 0 bridgehead atoms. The van der Waals surface area contributed by atoms with Gasteiger partial charge in [0.05, 0.1) is 13.0 Å². The Balaban J connectivity index is 1.45. The minimum atomic E-state index is -0.803. The third-order valence-corrected chi connectivity index (χ3v) is 6.04. The molecule has 34 heavy (non-hydrogen) atoms. The number of rotatable bonds is 9. The third kappa shape index (κ3) is 8.05. The van der Waals surface area contributed by atoms with Crippen LogP contribution in [0.25, 0.3) is 0 Å². The Morgan fingerprint density at radius 2 is 1.44 bits per heavy atom. The summed E-state index contributed by atoms with van der Waals surface area (Å²) < 4.78 is 0. The van der Waals surface area contributed by atoms with Crippen LogP contribution in [-0.2, 0) is 32.1 Å². The lowest BCUT2D eigenvalue weighted by Crippen LogP contribution is -2.38. The van der Waals surface area contributed by atoms with Crippen molar-refractivity contribution in [3.8, 4) is 0 Å². The summed E-state index contributed by atoms with van der Waals surface area (Å²) >= 11 is 0. The lowest BCUT2D eigenvalue weighted by atomic mass is 10.1. The molecule has 0 saturated carbocycles. The molecule has 2 N–H and O–H groups in total. The first-order chi connectivity index (χ1) is 16.3. The van der Waals surface area contributed by atoms with Crippen LogP contribution in [0, 0.1) is 0 Å².